The maximum Gasteiger partial charge on any atom is 0.243 e. The molecule has 0 aliphatic heterocycles. The Hall–Kier alpha value is -2.33. The van der Waals surface area contributed by atoms with Crippen molar-refractivity contribution in [1.82, 2.24) is 10.2 Å². The van der Waals surface area contributed by atoms with Gasteiger partial charge in [0.25, 0.3) is 0 Å². The molecule has 3 rings (SSSR count). The standard InChI is InChI=1S/C24H29ClN2O2/c1-2-22(24(29)26-21-10-6-7-11-21)27(17-19-8-4-3-5-9-19)23(28)16-18-12-14-20(25)15-13-18/h3-5,8-9,12-15,21-22H,2,6-7,10-11,16-17H2,1H3,(H,26,29)/t22-/m1/s1. The summed E-state index contributed by atoms with van der Waals surface area (Å²) >= 11 is 5.97. The number of hydrogen-bond acceptors (Lipinski definition) is 2. The molecule has 0 saturated heterocycles. The van der Waals surface area contributed by atoms with Gasteiger partial charge in [-0.15, -0.1) is 0 Å². The number of nitrogens with one attached hydrogen (secondary N) is 1. The van der Waals surface area contributed by atoms with E-state index in [1.54, 1.807) is 17.0 Å². The van der Waals surface area contributed by atoms with Crippen molar-refractivity contribution in [2.24, 2.45) is 0 Å². The minimum Gasteiger partial charge on any atom is -0.352 e. The van der Waals surface area contributed by atoms with Crippen LogP contribution in [-0.2, 0) is 22.6 Å². The van der Waals surface area contributed by atoms with Crippen LogP contribution in [0.25, 0.3) is 0 Å². The Kier molecular flexibility index (Phi) is 7.70. The Labute approximate surface area is 178 Å². The summed E-state index contributed by atoms with van der Waals surface area (Å²) in [6.07, 6.45) is 5.20. The molecule has 0 aromatic heterocycles. The van der Waals surface area contributed by atoms with E-state index in [-0.39, 0.29) is 24.3 Å². The fourth-order valence-corrected chi connectivity index (χ4v) is 4.07. The summed E-state index contributed by atoms with van der Waals surface area (Å²) in [4.78, 5) is 28.0. The monoisotopic (exact) mass is 412 g/mol. The second-order valence-electron chi connectivity index (χ2n) is 7.72. The van der Waals surface area contributed by atoms with Crippen LogP contribution in [0.3, 0.4) is 0 Å². The van der Waals surface area contributed by atoms with Crippen molar-refractivity contribution < 1.29 is 9.59 Å². The van der Waals surface area contributed by atoms with E-state index in [0.29, 0.717) is 18.0 Å². The average Bonchev–Trinajstić information content (AvgIpc) is 3.23. The van der Waals surface area contributed by atoms with Crippen molar-refractivity contribution in [3.05, 3.63) is 70.7 Å². The zero-order valence-corrected chi connectivity index (χ0v) is 17.7. The third-order valence-corrected chi connectivity index (χ3v) is 5.80. The van der Waals surface area contributed by atoms with Crippen LogP contribution in [0.1, 0.15) is 50.2 Å². The zero-order valence-electron chi connectivity index (χ0n) is 16.9. The topological polar surface area (TPSA) is 49.4 Å². The molecule has 1 N–H and O–H groups in total. The molecule has 1 aliphatic rings. The Bertz CT molecular complexity index is 801. The van der Waals surface area contributed by atoms with E-state index in [2.05, 4.69) is 5.32 Å². The molecule has 1 aliphatic carbocycles. The highest BCUT2D eigenvalue weighted by Crippen LogP contribution is 2.20. The average molecular weight is 413 g/mol. The molecular formula is C24H29ClN2O2. The SMILES string of the molecule is CC[C@H](C(=O)NC1CCCC1)N(Cc1ccccc1)C(=O)Cc1ccc(Cl)cc1. The van der Waals surface area contributed by atoms with Gasteiger partial charge in [-0.25, -0.2) is 0 Å². The molecule has 4 nitrogen and oxygen atoms in total. The van der Waals surface area contributed by atoms with Gasteiger partial charge in [0, 0.05) is 17.6 Å². The van der Waals surface area contributed by atoms with Crippen LogP contribution >= 0.6 is 11.6 Å². The molecule has 2 amide bonds. The number of benzene rings is 2. The summed E-state index contributed by atoms with van der Waals surface area (Å²) in [6.45, 7) is 2.39. The van der Waals surface area contributed by atoms with Gasteiger partial charge in [-0.2, -0.15) is 0 Å². The van der Waals surface area contributed by atoms with Gasteiger partial charge in [-0.3, -0.25) is 9.59 Å². The molecule has 1 saturated carbocycles. The van der Waals surface area contributed by atoms with Crippen molar-refractivity contribution in [2.45, 2.75) is 64.1 Å². The van der Waals surface area contributed by atoms with Gasteiger partial charge in [0.2, 0.25) is 11.8 Å². The lowest BCUT2D eigenvalue weighted by molar-refractivity contribution is -0.141. The minimum absolute atomic E-state index is 0.0419. The second kappa shape index (κ2) is 10.4. The summed E-state index contributed by atoms with van der Waals surface area (Å²) in [5.74, 6) is -0.0932. The molecule has 0 bridgehead atoms. The lowest BCUT2D eigenvalue weighted by atomic mass is 10.1. The molecule has 1 fully saturated rings. The van der Waals surface area contributed by atoms with Crippen LogP contribution < -0.4 is 5.32 Å². The highest BCUT2D eigenvalue weighted by atomic mass is 35.5. The van der Waals surface area contributed by atoms with E-state index in [0.717, 1.165) is 36.8 Å². The quantitative estimate of drug-likeness (QED) is 0.680. The largest absolute Gasteiger partial charge is 0.352 e. The molecule has 2 aromatic carbocycles. The third-order valence-electron chi connectivity index (χ3n) is 5.55. The van der Waals surface area contributed by atoms with Crippen LogP contribution in [0.4, 0.5) is 0 Å². The first kappa shape index (κ1) is 21.4. The molecule has 2 aromatic rings. The van der Waals surface area contributed by atoms with Gasteiger partial charge < -0.3 is 10.2 Å². The van der Waals surface area contributed by atoms with E-state index in [4.69, 9.17) is 11.6 Å². The number of halogens is 1. The first-order chi connectivity index (χ1) is 14.1. The highest BCUT2D eigenvalue weighted by molar-refractivity contribution is 6.30. The lowest BCUT2D eigenvalue weighted by Gasteiger charge is -2.31. The fraction of sp³-hybridized carbons (Fsp3) is 0.417. The van der Waals surface area contributed by atoms with Gasteiger partial charge in [0.1, 0.15) is 6.04 Å². The molecule has 0 spiro atoms. The highest BCUT2D eigenvalue weighted by Gasteiger charge is 2.30. The summed E-state index contributed by atoms with van der Waals surface area (Å²) in [5, 5.41) is 3.82. The first-order valence-electron chi connectivity index (χ1n) is 10.4. The third kappa shape index (κ3) is 6.07. The Morgan fingerprint density at radius 1 is 1.03 bits per heavy atom. The number of amides is 2. The number of carbonyl (C=O) groups is 2. The maximum atomic E-state index is 13.3. The zero-order chi connectivity index (χ0) is 20.6. The van der Waals surface area contributed by atoms with Crippen molar-refractivity contribution in [2.75, 3.05) is 0 Å². The normalized spacial score (nSPS) is 15.1. The Balaban J connectivity index is 1.78. The van der Waals surface area contributed by atoms with E-state index in [1.807, 2.05) is 49.4 Å². The molecule has 5 heteroatoms. The summed E-state index contributed by atoms with van der Waals surface area (Å²) in [6, 6.07) is 16.9. The van der Waals surface area contributed by atoms with E-state index in [9.17, 15) is 9.59 Å². The molecule has 0 unspecified atom stereocenters. The number of hydrogen-bond donors (Lipinski definition) is 1. The Morgan fingerprint density at radius 2 is 1.69 bits per heavy atom. The first-order valence-corrected chi connectivity index (χ1v) is 10.8. The smallest absolute Gasteiger partial charge is 0.243 e. The molecule has 0 heterocycles. The minimum atomic E-state index is -0.476. The molecular weight excluding hydrogens is 384 g/mol. The van der Waals surface area contributed by atoms with Crippen molar-refractivity contribution in [3.8, 4) is 0 Å². The number of carbonyl (C=O) groups excluding carboxylic acids is 2. The predicted octanol–water partition coefficient (Wildman–Crippen LogP) is 4.75. The van der Waals surface area contributed by atoms with Crippen LogP contribution in [0.5, 0.6) is 0 Å². The molecule has 29 heavy (non-hydrogen) atoms. The summed E-state index contributed by atoms with van der Waals surface area (Å²) < 4.78 is 0. The van der Waals surface area contributed by atoms with Gasteiger partial charge >= 0.3 is 0 Å². The van der Waals surface area contributed by atoms with Crippen molar-refractivity contribution in [1.29, 1.82) is 0 Å². The van der Waals surface area contributed by atoms with Crippen LogP contribution in [0.15, 0.2) is 54.6 Å². The van der Waals surface area contributed by atoms with Gasteiger partial charge in [-0.05, 0) is 42.5 Å². The summed E-state index contributed by atoms with van der Waals surface area (Å²) in [7, 11) is 0. The van der Waals surface area contributed by atoms with Crippen LogP contribution in [0.2, 0.25) is 5.02 Å². The molecule has 1 atom stereocenters. The van der Waals surface area contributed by atoms with E-state index in [1.165, 1.54) is 0 Å². The van der Waals surface area contributed by atoms with Crippen LogP contribution in [0, 0.1) is 0 Å². The lowest BCUT2D eigenvalue weighted by Crippen LogP contribution is -2.51. The number of nitrogens with zero attached hydrogens (tertiary/aromatic N) is 1. The van der Waals surface area contributed by atoms with E-state index >= 15 is 0 Å². The Morgan fingerprint density at radius 3 is 2.31 bits per heavy atom. The predicted molar refractivity (Wildman–Crippen MR) is 117 cm³/mol. The van der Waals surface area contributed by atoms with E-state index < -0.39 is 6.04 Å². The van der Waals surface area contributed by atoms with Crippen molar-refractivity contribution >= 4 is 23.4 Å². The van der Waals surface area contributed by atoms with Crippen molar-refractivity contribution in [3.63, 3.8) is 0 Å². The molecule has 0 radical (unpaired) electrons. The summed E-state index contributed by atoms with van der Waals surface area (Å²) in [5.41, 5.74) is 1.91. The van der Waals surface area contributed by atoms with Crippen LogP contribution in [-0.4, -0.2) is 28.8 Å². The van der Waals surface area contributed by atoms with Gasteiger partial charge in [0.05, 0.1) is 6.42 Å². The second-order valence-corrected chi connectivity index (χ2v) is 8.16. The number of rotatable bonds is 8. The van der Waals surface area contributed by atoms with Gasteiger partial charge in [0.15, 0.2) is 0 Å². The fourth-order valence-electron chi connectivity index (χ4n) is 3.95. The maximum absolute atomic E-state index is 13.3. The molecule has 154 valence electrons. The van der Waals surface area contributed by atoms with Gasteiger partial charge in [-0.1, -0.05) is 73.8 Å².